The molecule has 3 amide bonds. The first kappa shape index (κ1) is 18.4. The molecule has 0 heterocycles. The lowest BCUT2D eigenvalue weighted by atomic mass is 10.3. The van der Waals surface area contributed by atoms with Crippen molar-refractivity contribution in [3.8, 4) is 5.75 Å². The molecular weight excluding hydrogens is 307 g/mol. The molecule has 0 aromatic heterocycles. The third-order valence-corrected chi connectivity index (χ3v) is 2.50. The molecule has 0 aliphatic carbocycles. The standard InChI is InChI=1S/C15H19FN2O5/c1-9(2)17-15(21)18-14(20)10(3)23-13(19)8-22-12-6-4-11(16)5-7-12/h4-7,9-10H,8H2,1-3H3,(H2,17,18,20,21)/t10-/m0/s1. The van der Waals surface area contributed by atoms with E-state index in [0.29, 0.717) is 0 Å². The minimum absolute atomic E-state index is 0.134. The van der Waals surface area contributed by atoms with Crippen molar-refractivity contribution in [1.82, 2.24) is 10.6 Å². The molecule has 0 spiro atoms. The van der Waals surface area contributed by atoms with Crippen LogP contribution in [0.5, 0.6) is 5.75 Å². The van der Waals surface area contributed by atoms with Crippen LogP contribution in [0.15, 0.2) is 24.3 Å². The van der Waals surface area contributed by atoms with Crippen LogP contribution in [0.1, 0.15) is 20.8 Å². The molecule has 0 bridgehead atoms. The van der Waals surface area contributed by atoms with Crippen LogP contribution in [0.3, 0.4) is 0 Å². The molecule has 0 aliphatic heterocycles. The van der Waals surface area contributed by atoms with Crippen LogP contribution in [0.25, 0.3) is 0 Å². The maximum Gasteiger partial charge on any atom is 0.344 e. The van der Waals surface area contributed by atoms with Crippen LogP contribution in [0.2, 0.25) is 0 Å². The molecule has 8 heteroatoms. The van der Waals surface area contributed by atoms with Crippen molar-refractivity contribution in [3.63, 3.8) is 0 Å². The Kier molecular flexibility index (Phi) is 6.98. The van der Waals surface area contributed by atoms with Gasteiger partial charge in [-0.1, -0.05) is 0 Å². The van der Waals surface area contributed by atoms with Gasteiger partial charge in [-0.3, -0.25) is 10.1 Å². The molecule has 7 nitrogen and oxygen atoms in total. The third kappa shape index (κ3) is 7.25. The number of carbonyl (C=O) groups is 3. The highest BCUT2D eigenvalue weighted by Gasteiger charge is 2.20. The summed E-state index contributed by atoms with van der Waals surface area (Å²) in [5, 5.41) is 4.51. The maximum absolute atomic E-state index is 12.7. The van der Waals surface area contributed by atoms with Gasteiger partial charge >= 0.3 is 12.0 Å². The minimum Gasteiger partial charge on any atom is -0.482 e. The number of urea groups is 1. The van der Waals surface area contributed by atoms with Crippen LogP contribution in [0, 0.1) is 5.82 Å². The molecular formula is C15H19FN2O5. The molecule has 2 N–H and O–H groups in total. The summed E-state index contributed by atoms with van der Waals surface area (Å²) < 4.78 is 22.6. The lowest BCUT2D eigenvalue weighted by Crippen LogP contribution is -2.46. The van der Waals surface area contributed by atoms with Crippen LogP contribution >= 0.6 is 0 Å². The van der Waals surface area contributed by atoms with E-state index in [1.807, 2.05) is 5.32 Å². The van der Waals surface area contributed by atoms with Crippen molar-refractivity contribution < 1.29 is 28.2 Å². The van der Waals surface area contributed by atoms with E-state index in [1.165, 1.54) is 31.2 Å². The van der Waals surface area contributed by atoms with Gasteiger partial charge < -0.3 is 14.8 Å². The largest absolute Gasteiger partial charge is 0.482 e. The van der Waals surface area contributed by atoms with Gasteiger partial charge in [0.05, 0.1) is 0 Å². The Bertz CT molecular complexity index is 559. The fraction of sp³-hybridized carbons (Fsp3) is 0.400. The quantitative estimate of drug-likeness (QED) is 0.770. The number of benzene rings is 1. The second-order valence-corrected chi connectivity index (χ2v) is 4.99. The topological polar surface area (TPSA) is 93.7 Å². The van der Waals surface area contributed by atoms with Crippen LogP contribution in [-0.2, 0) is 14.3 Å². The lowest BCUT2D eigenvalue weighted by molar-refractivity contribution is -0.156. The summed E-state index contributed by atoms with van der Waals surface area (Å²) in [5.74, 6) is -1.68. The first-order valence-corrected chi connectivity index (χ1v) is 6.97. The fourth-order valence-corrected chi connectivity index (χ4v) is 1.47. The summed E-state index contributed by atoms with van der Waals surface area (Å²) >= 11 is 0. The molecule has 0 aliphatic rings. The van der Waals surface area contributed by atoms with Crippen molar-refractivity contribution in [2.24, 2.45) is 0 Å². The van der Waals surface area contributed by atoms with Crippen molar-refractivity contribution in [3.05, 3.63) is 30.1 Å². The van der Waals surface area contributed by atoms with E-state index < -0.39 is 36.4 Å². The third-order valence-electron chi connectivity index (χ3n) is 2.50. The van der Waals surface area contributed by atoms with Crippen molar-refractivity contribution in [2.45, 2.75) is 32.9 Å². The molecule has 0 unspecified atom stereocenters. The molecule has 1 atom stereocenters. The molecule has 23 heavy (non-hydrogen) atoms. The van der Waals surface area contributed by atoms with E-state index in [4.69, 9.17) is 9.47 Å². The summed E-state index contributed by atoms with van der Waals surface area (Å²) in [5.41, 5.74) is 0. The molecule has 0 fully saturated rings. The summed E-state index contributed by atoms with van der Waals surface area (Å²) in [7, 11) is 0. The average molecular weight is 326 g/mol. The van der Waals surface area contributed by atoms with E-state index >= 15 is 0 Å². The van der Waals surface area contributed by atoms with Crippen LogP contribution < -0.4 is 15.4 Å². The fourth-order valence-electron chi connectivity index (χ4n) is 1.47. The number of rotatable bonds is 6. The maximum atomic E-state index is 12.7. The van der Waals surface area contributed by atoms with Crippen molar-refractivity contribution in [1.29, 1.82) is 0 Å². The number of nitrogens with one attached hydrogen (secondary N) is 2. The average Bonchev–Trinajstić information content (AvgIpc) is 2.45. The number of imide groups is 1. The highest BCUT2D eigenvalue weighted by atomic mass is 19.1. The summed E-state index contributed by atoms with van der Waals surface area (Å²) in [6.07, 6.45) is -1.16. The Hall–Kier alpha value is -2.64. The smallest absolute Gasteiger partial charge is 0.344 e. The second-order valence-electron chi connectivity index (χ2n) is 4.99. The zero-order valence-electron chi connectivity index (χ0n) is 13.1. The highest BCUT2D eigenvalue weighted by Crippen LogP contribution is 2.10. The van der Waals surface area contributed by atoms with Gasteiger partial charge in [-0.05, 0) is 45.0 Å². The van der Waals surface area contributed by atoms with E-state index in [-0.39, 0.29) is 11.8 Å². The number of hydrogen-bond donors (Lipinski definition) is 2. The van der Waals surface area contributed by atoms with E-state index in [0.717, 1.165) is 0 Å². The minimum atomic E-state index is -1.16. The van der Waals surface area contributed by atoms with Crippen LogP contribution in [0.4, 0.5) is 9.18 Å². The molecule has 1 rings (SSSR count). The molecule has 0 saturated carbocycles. The summed E-state index contributed by atoms with van der Waals surface area (Å²) in [4.78, 5) is 34.6. The monoisotopic (exact) mass is 326 g/mol. The number of hydrogen-bond acceptors (Lipinski definition) is 5. The summed E-state index contributed by atoms with van der Waals surface area (Å²) in [6, 6.07) is 4.28. The number of esters is 1. The Labute approximate surface area is 133 Å². The number of carbonyl (C=O) groups excluding carboxylic acids is 3. The van der Waals surface area contributed by atoms with Gasteiger partial charge in [-0.2, -0.15) is 0 Å². The lowest BCUT2D eigenvalue weighted by Gasteiger charge is -2.14. The Balaban J connectivity index is 2.36. The van der Waals surface area contributed by atoms with E-state index in [9.17, 15) is 18.8 Å². The van der Waals surface area contributed by atoms with Gasteiger partial charge in [-0.15, -0.1) is 0 Å². The number of halogens is 1. The first-order valence-electron chi connectivity index (χ1n) is 6.97. The van der Waals surface area contributed by atoms with Crippen molar-refractivity contribution in [2.75, 3.05) is 6.61 Å². The Morgan fingerprint density at radius 2 is 1.74 bits per heavy atom. The molecule has 0 saturated heterocycles. The zero-order valence-corrected chi connectivity index (χ0v) is 13.1. The van der Waals surface area contributed by atoms with Gasteiger partial charge in [0.25, 0.3) is 5.91 Å². The number of ether oxygens (including phenoxy) is 2. The Morgan fingerprint density at radius 1 is 1.13 bits per heavy atom. The predicted molar refractivity (Wildman–Crippen MR) is 79.3 cm³/mol. The highest BCUT2D eigenvalue weighted by molar-refractivity contribution is 5.97. The molecule has 1 aromatic carbocycles. The second kappa shape index (κ2) is 8.72. The van der Waals surface area contributed by atoms with Crippen LogP contribution in [-0.4, -0.2) is 36.7 Å². The predicted octanol–water partition coefficient (Wildman–Crippen LogP) is 1.37. The zero-order chi connectivity index (χ0) is 17.4. The van der Waals surface area contributed by atoms with Crippen molar-refractivity contribution >= 4 is 17.9 Å². The van der Waals surface area contributed by atoms with Gasteiger partial charge in [0.2, 0.25) is 0 Å². The first-order chi connectivity index (χ1) is 10.8. The van der Waals surface area contributed by atoms with Gasteiger partial charge in [0.15, 0.2) is 12.7 Å². The van der Waals surface area contributed by atoms with Gasteiger partial charge in [0, 0.05) is 6.04 Å². The molecule has 0 radical (unpaired) electrons. The summed E-state index contributed by atoms with van der Waals surface area (Å²) in [6.45, 7) is 4.36. The van der Waals surface area contributed by atoms with Gasteiger partial charge in [0.1, 0.15) is 11.6 Å². The van der Waals surface area contributed by atoms with E-state index in [1.54, 1.807) is 13.8 Å². The normalized spacial score (nSPS) is 11.5. The molecule has 1 aromatic rings. The Morgan fingerprint density at radius 3 is 2.30 bits per heavy atom. The van der Waals surface area contributed by atoms with Gasteiger partial charge in [-0.25, -0.2) is 14.0 Å². The molecule has 126 valence electrons. The number of amides is 3. The SMILES string of the molecule is CC(C)NC(=O)NC(=O)[C@H](C)OC(=O)COc1ccc(F)cc1. The van der Waals surface area contributed by atoms with E-state index in [2.05, 4.69) is 5.32 Å².